The fourth-order valence-corrected chi connectivity index (χ4v) is 5.55. The molecule has 2 atom stereocenters. The van der Waals surface area contributed by atoms with Crippen LogP contribution >= 0.6 is 22.9 Å². The Hall–Kier alpha value is -2.25. The Labute approximate surface area is 197 Å². The van der Waals surface area contributed by atoms with Gasteiger partial charge in [-0.2, -0.15) is 0 Å². The molecule has 3 N–H and O–H groups in total. The molecule has 32 heavy (non-hydrogen) atoms. The summed E-state index contributed by atoms with van der Waals surface area (Å²) >= 11 is 7.70. The van der Waals surface area contributed by atoms with Crippen molar-refractivity contribution >= 4 is 39.7 Å². The first-order chi connectivity index (χ1) is 15.7. The molecule has 1 aromatic carbocycles. The van der Waals surface area contributed by atoms with Gasteiger partial charge >= 0.3 is 0 Å². The van der Waals surface area contributed by atoms with E-state index in [1.807, 2.05) is 36.7 Å². The molecule has 166 valence electrons. The molecule has 1 fully saturated rings. The maximum Gasteiger partial charge on any atom is 0.183 e. The monoisotopic (exact) mass is 466 g/mol. The van der Waals surface area contributed by atoms with Crippen LogP contribution in [0.15, 0.2) is 42.7 Å². The molecule has 3 heterocycles. The Bertz CT molecular complexity index is 1110. The number of nitrogens with zero attached hydrogens (tertiary/aromatic N) is 2. The summed E-state index contributed by atoms with van der Waals surface area (Å²) in [6.07, 6.45) is 11.1. The van der Waals surface area contributed by atoms with Gasteiger partial charge in [-0.1, -0.05) is 35.1 Å². The van der Waals surface area contributed by atoms with E-state index in [-0.39, 0.29) is 12.1 Å². The third kappa shape index (κ3) is 4.89. The van der Waals surface area contributed by atoms with Crippen molar-refractivity contribution in [1.82, 2.24) is 9.97 Å². The minimum absolute atomic E-state index is 0.0111. The fourth-order valence-electron chi connectivity index (χ4n) is 4.36. The first-order valence-corrected chi connectivity index (χ1v) is 12.4. The zero-order valence-corrected chi connectivity index (χ0v) is 19.5. The van der Waals surface area contributed by atoms with Crippen molar-refractivity contribution in [2.45, 2.75) is 44.2 Å². The number of aromatic nitrogens is 2. The van der Waals surface area contributed by atoms with E-state index in [1.54, 1.807) is 11.3 Å². The zero-order chi connectivity index (χ0) is 21.9. The third-order valence-corrected chi connectivity index (χ3v) is 7.40. The molecule has 7 heteroatoms. The quantitative estimate of drug-likeness (QED) is 0.480. The van der Waals surface area contributed by atoms with Crippen LogP contribution in [0.4, 0.5) is 5.13 Å². The lowest BCUT2D eigenvalue weighted by Gasteiger charge is -2.17. The van der Waals surface area contributed by atoms with E-state index in [1.165, 1.54) is 27.1 Å². The average Bonchev–Trinajstić information content (AvgIpc) is 3.49. The third-order valence-electron chi connectivity index (χ3n) is 6.04. The maximum atomic E-state index is 6.39. The van der Waals surface area contributed by atoms with Gasteiger partial charge in [0.2, 0.25) is 0 Å². The minimum atomic E-state index is -0.0111. The lowest BCUT2D eigenvalue weighted by Crippen LogP contribution is -2.31. The van der Waals surface area contributed by atoms with Gasteiger partial charge in [-0.3, -0.25) is 4.98 Å². The van der Waals surface area contributed by atoms with E-state index in [0.29, 0.717) is 6.54 Å². The number of thiazole rings is 1. The average molecular weight is 467 g/mol. The van der Waals surface area contributed by atoms with E-state index in [2.05, 4.69) is 22.4 Å². The summed E-state index contributed by atoms with van der Waals surface area (Å²) < 4.78 is 6.01. The van der Waals surface area contributed by atoms with Crippen molar-refractivity contribution in [2.75, 3.05) is 18.5 Å². The number of allylic oxidation sites excluding steroid dienone is 1. The van der Waals surface area contributed by atoms with Crippen LogP contribution in [-0.4, -0.2) is 29.2 Å². The molecule has 2 aliphatic rings. The highest BCUT2D eigenvalue weighted by Crippen LogP contribution is 2.41. The number of aryl methyl sites for hydroxylation is 1. The molecule has 0 spiro atoms. The van der Waals surface area contributed by atoms with Crippen LogP contribution in [0.2, 0.25) is 5.02 Å². The second-order valence-electron chi connectivity index (χ2n) is 8.45. The first-order valence-electron chi connectivity index (χ1n) is 11.2. The molecule has 0 bridgehead atoms. The number of rotatable bonds is 7. The summed E-state index contributed by atoms with van der Waals surface area (Å²) in [6, 6.07) is 9.96. The van der Waals surface area contributed by atoms with E-state index >= 15 is 0 Å². The SMILES string of the molecule is N[C@H](CNc1nc(C2CCCO2)c(C2=Cc3ccncc3CC2)s1)Cc1ccc(Cl)cc1. The molecule has 1 aliphatic heterocycles. The molecule has 0 amide bonds. The Morgan fingerprint density at radius 1 is 1.22 bits per heavy atom. The lowest BCUT2D eigenvalue weighted by atomic mass is 9.92. The normalized spacial score (nSPS) is 18.8. The van der Waals surface area contributed by atoms with Gasteiger partial charge in [0.25, 0.3) is 0 Å². The fraction of sp³-hybridized carbons (Fsp3) is 0.360. The van der Waals surface area contributed by atoms with Crippen LogP contribution in [0.25, 0.3) is 11.6 Å². The van der Waals surface area contributed by atoms with Crippen molar-refractivity contribution < 1.29 is 4.74 Å². The number of hydrogen-bond donors (Lipinski definition) is 2. The predicted molar refractivity (Wildman–Crippen MR) is 132 cm³/mol. The molecule has 0 radical (unpaired) electrons. The molecule has 2 aromatic heterocycles. The first kappa shape index (κ1) is 21.6. The van der Waals surface area contributed by atoms with Gasteiger partial charge in [-0.05, 0) is 78.6 Å². The Kier molecular flexibility index (Phi) is 6.55. The largest absolute Gasteiger partial charge is 0.372 e. The molecule has 3 aromatic rings. The van der Waals surface area contributed by atoms with Gasteiger partial charge in [-0.25, -0.2) is 4.98 Å². The standard InChI is InChI=1S/C25H27ClN4OS/c26-20-7-3-16(4-8-20)12-21(27)15-29-25-30-23(22-2-1-11-31-22)24(32-25)18-5-6-19-14-28-10-9-17(19)13-18/h3-4,7-10,13-14,21-22H,1-2,5-6,11-12,15,27H2,(H,29,30)/t21-,22?/m0/s1. The van der Waals surface area contributed by atoms with Crippen molar-refractivity contribution in [1.29, 1.82) is 0 Å². The number of benzene rings is 1. The number of anilines is 1. The molecule has 5 nitrogen and oxygen atoms in total. The van der Waals surface area contributed by atoms with Crippen LogP contribution in [0.5, 0.6) is 0 Å². The zero-order valence-electron chi connectivity index (χ0n) is 17.9. The van der Waals surface area contributed by atoms with Crippen molar-refractivity contribution in [3.8, 4) is 0 Å². The highest BCUT2D eigenvalue weighted by Gasteiger charge is 2.27. The maximum absolute atomic E-state index is 6.39. The minimum Gasteiger partial charge on any atom is -0.372 e. The van der Waals surface area contributed by atoms with Crippen LogP contribution in [0, 0.1) is 0 Å². The lowest BCUT2D eigenvalue weighted by molar-refractivity contribution is 0.109. The topological polar surface area (TPSA) is 73.1 Å². The number of nitrogens with one attached hydrogen (secondary N) is 1. The molecule has 5 rings (SSSR count). The number of pyridine rings is 1. The highest BCUT2D eigenvalue weighted by atomic mass is 35.5. The second-order valence-corrected chi connectivity index (χ2v) is 9.89. The van der Waals surface area contributed by atoms with Crippen molar-refractivity contribution in [2.24, 2.45) is 5.73 Å². The number of halogens is 1. The summed E-state index contributed by atoms with van der Waals surface area (Å²) in [7, 11) is 0. The summed E-state index contributed by atoms with van der Waals surface area (Å²) in [6.45, 7) is 1.47. The van der Waals surface area contributed by atoms with Gasteiger partial charge in [0.05, 0.1) is 10.6 Å². The molecule has 0 saturated carbocycles. The van der Waals surface area contributed by atoms with E-state index in [4.69, 9.17) is 27.1 Å². The molecule has 1 saturated heterocycles. The molecule has 1 aliphatic carbocycles. The van der Waals surface area contributed by atoms with E-state index in [0.717, 1.165) is 54.6 Å². The second kappa shape index (κ2) is 9.71. The Morgan fingerprint density at radius 2 is 2.09 bits per heavy atom. The predicted octanol–water partition coefficient (Wildman–Crippen LogP) is 5.51. The molecular weight excluding hydrogens is 440 g/mol. The summed E-state index contributed by atoms with van der Waals surface area (Å²) in [5.41, 5.74) is 12.6. The van der Waals surface area contributed by atoms with Crippen molar-refractivity contribution in [3.05, 3.63) is 75.0 Å². The number of ether oxygens (including phenoxy) is 1. The Balaban J connectivity index is 1.34. The van der Waals surface area contributed by atoms with Gasteiger partial charge in [0.15, 0.2) is 5.13 Å². The number of fused-ring (bicyclic) bond motifs is 1. The van der Waals surface area contributed by atoms with Crippen LogP contribution in [0.3, 0.4) is 0 Å². The number of hydrogen-bond acceptors (Lipinski definition) is 6. The molecule has 1 unspecified atom stereocenters. The summed E-state index contributed by atoms with van der Waals surface area (Å²) in [5.74, 6) is 0. The summed E-state index contributed by atoms with van der Waals surface area (Å²) in [5, 5.41) is 5.14. The van der Waals surface area contributed by atoms with Gasteiger partial charge in [0, 0.05) is 36.6 Å². The van der Waals surface area contributed by atoms with Crippen LogP contribution < -0.4 is 11.1 Å². The van der Waals surface area contributed by atoms with Gasteiger partial charge in [-0.15, -0.1) is 0 Å². The molecular formula is C25H27ClN4OS. The van der Waals surface area contributed by atoms with E-state index in [9.17, 15) is 0 Å². The van der Waals surface area contributed by atoms with Gasteiger partial charge < -0.3 is 15.8 Å². The Morgan fingerprint density at radius 3 is 2.91 bits per heavy atom. The van der Waals surface area contributed by atoms with E-state index < -0.39 is 0 Å². The number of nitrogens with two attached hydrogens (primary N) is 1. The van der Waals surface area contributed by atoms with Crippen LogP contribution in [0.1, 0.15) is 52.6 Å². The summed E-state index contributed by atoms with van der Waals surface area (Å²) in [4.78, 5) is 10.5. The van der Waals surface area contributed by atoms with Crippen molar-refractivity contribution in [3.63, 3.8) is 0 Å². The smallest absolute Gasteiger partial charge is 0.183 e. The van der Waals surface area contributed by atoms with Gasteiger partial charge in [0.1, 0.15) is 6.10 Å². The highest BCUT2D eigenvalue weighted by molar-refractivity contribution is 7.16. The van der Waals surface area contributed by atoms with Crippen LogP contribution in [-0.2, 0) is 17.6 Å².